The van der Waals surface area contributed by atoms with Crippen molar-refractivity contribution in [3.63, 3.8) is 0 Å². The minimum absolute atomic E-state index is 1.06. The molecule has 0 aliphatic heterocycles. The van der Waals surface area contributed by atoms with Crippen LogP contribution in [-0.2, 0) is 0 Å². The summed E-state index contributed by atoms with van der Waals surface area (Å²) in [6.07, 6.45) is 1.95. The molecule has 3 rings (SSSR count). The van der Waals surface area contributed by atoms with Crippen LogP contribution in [0.15, 0.2) is 66.9 Å². The highest BCUT2D eigenvalue weighted by atomic mass is 14.7. The number of benzene rings is 2. The zero-order valence-corrected chi connectivity index (χ0v) is 11.8. The molecule has 98 valence electrons. The van der Waals surface area contributed by atoms with Crippen LogP contribution in [0.25, 0.3) is 22.3 Å². The summed E-state index contributed by atoms with van der Waals surface area (Å²) in [6, 6.07) is 21.2. The van der Waals surface area contributed by atoms with E-state index in [-0.39, 0.29) is 0 Å². The number of hydrogen-bond donors (Lipinski definition) is 0. The van der Waals surface area contributed by atoms with Crippen molar-refractivity contribution in [2.75, 3.05) is 0 Å². The van der Waals surface area contributed by atoms with Crippen LogP contribution in [0, 0.1) is 13.8 Å². The van der Waals surface area contributed by atoms with Gasteiger partial charge in [-0.15, -0.1) is 0 Å². The van der Waals surface area contributed by atoms with Crippen LogP contribution in [0.4, 0.5) is 0 Å². The molecule has 0 atom stereocenters. The average Bonchev–Trinajstić information content (AvgIpc) is 2.50. The van der Waals surface area contributed by atoms with Crippen LogP contribution in [-0.4, -0.2) is 4.98 Å². The van der Waals surface area contributed by atoms with Crippen LogP contribution in [0.2, 0.25) is 0 Å². The van der Waals surface area contributed by atoms with Gasteiger partial charge in [-0.1, -0.05) is 60.2 Å². The van der Waals surface area contributed by atoms with E-state index in [1.54, 1.807) is 0 Å². The highest BCUT2D eigenvalue weighted by molar-refractivity contribution is 5.73. The Balaban J connectivity index is 2.09. The monoisotopic (exact) mass is 259 g/mol. The molecule has 1 heterocycles. The molecule has 0 aliphatic rings. The van der Waals surface area contributed by atoms with Crippen LogP contribution in [0.5, 0.6) is 0 Å². The average molecular weight is 259 g/mol. The van der Waals surface area contributed by atoms with Crippen molar-refractivity contribution in [2.45, 2.75) is 13.8 Å². The summed E-state index contributed by atoms with van der Waals surface area (Å²) in [7, 11) is 0. The fourth-order valence-corrected chi connectivity index (χ4v) is 2.35. The third-order valence-corrected chi connectivity index (χ3v) is 3.56. The molecule has 0 aliphatic carbocycles. The van der Waals surface area contributed by atoms with Gasteiger partial charge in [0.15, 0.2) is 0 Å². The van der Waals surface area contributed by atoms with Gasteiger partial charge in [0, 0.05) is 23.0 Å². The van der Waals surface area contributed by atoms with E-state index in [1.165, 1.54) is 22.3 Å². The molecular weight excluding hydrogens is 242 g/mol. The quantitative estimate of drug-likeness (QED) is 0.628. The molecule has 0 N–H and O–H groups in total. The normalized spacial score (nSPS) is 10.5. The van der Waals surface area contributed by atoms with Crippen LogP contribution in [0.3, 0.4) is 0 Å². The van der Waals surface area contributed by atoms with E-state index in [2.05, 4.69) is 73.4 Å². The van der Waals surface area contributed by atoms with Gasteiger partial charge in [0.05, 0.1) is 0 Å². The molecule has 0 unspecified atom stereocenters. The summed E-state index contributed by atoms with van der Waals surface area (Å²) in [5.74, 6) is 0. The van der Waals surface area contributed by atoms with Crippen molar-refractivity contribution < 1.29 is 0 Å². The first-order chi connectivity index (χ1) is 9.74. The summed E-state index contributed by atoms with van der Waals surface area (Å²) >= 11 is 0. The lowest BCUT2D eigenvalue weighted by Gasteiger charge is -2.09. The van der Waals surface area contributed by atoms with Gasteiger partial charge in [-0.25, -0.2) is 0 Å². The Kier molecular flexibility index (Phi) is 3.34. The molecule has 0 saturated carbocycles. The summed E-state index contributed by atoms with van der Waals surface area (Å²) < 4.78 is 0. The first-order valence-corrected chi connectivity index (χ1v) is 6.83. The van der Waals surface area contributed by atoms with Crippen molar-refractivity contribution in [3.05, 3.63) is 78.1 Å². The Morgan fingerprint density at radius 2 is 1.40 bits per heavy atom. The van der Waals surface area contributed by atoms with Crippen LogP contribution >= 0.6 is 0 Å². The molecule has 1 heteroatoms. The Hall–Kier alpha value is -2.41. The number of aryl methyl sites for hydroxylation is 2. The van der Waals surface area contributed by atoms with Gasteiger partial charge >= 0.3 is 0 Å². The predicted molar refractivity (Wildman–Crippen MR) is 84.6 cm³/mol. The molecule has 20 heavy (non-hydrogen) atoms. The lowest BCUT2D eigenvalue weighted by Crippen LogP contribution is -1.89. The van der Waals surface area contributed by atoms with Gasteiger partial charge in [-0.2, -0.15) is 0 Å². The molecule has 0 radical (unpaired) electrons. The van der Waals surface area contributed by atoms with E-state index in [0.717, 1.165) is 11.3 Å². The minimum atomic E-state index is 1.06. The topological polar surface area (TPSA) is 12.9 Å². The second-order valence-electron chi connectivity index (χ2n) is 5.09. The molecule has 3 aromatic rings. The maximum absolute atomic E-state index is 4.55. The zero-order chi connectivity index (χ0) is 13.9. The van der Waals surface area contributed by atoms with Gasteiger partial charge in [0.2, 0.25) is 0 Å². The first-order valence-electron chi connectivity index (χ1n) is 6.83. The highest BCUT2D eigenvalue weighted by Gasteiger charge is 2.05. The molecule has 0 bridgehead atoms. The summed E-state index contributed by atoms with van der Waals surface area (Å²) in [4.78, 5) is 4.55. The number of rotatable bonds is 2. The van der Waals surface area contributed by atoms with Crippen LogP contribution in [0.1, 0.15) is 11.3 Å². The Bertz CT molecular complexity index is 713. The van der Waals surface area contributed by atoms with E-state index >= 15 is 0 Å². The van der Waals surface area contributed by atoms with Crippen molar-refractivity contribution in [1.29, 1.82) is 0 Å². The second kappa shape index (κ2) is 5.30. The Labute approximate surface area is 119 Å². The smallest absolute Gasteiger partial charge is 0.0451 e. The summed E-state index contributed by atoms with van der Waals surface area (Å²) in [5.41, 5.74) is 7.12. The Morgan fingerprint density at radius 3 is 2.10 bits per heavy atom. The molecular formula is C19H17N. The highest BCUT2D eigenvalue weighted by Crippen LogP contribution is 2.27. The largest absolute Gasteiger partial charge is 0.260 e. The van der Waals surface area contributed by atoms with Crippen molar-refractivity contribution >= 4 is 0 Å². The van der Waals surface area contributed by atoms with E-state index in [0.29, 0.717) is 0 Å². The van der Waals surface area contributed by atoms with Crippen molar-refractivity contribution in [2.24, 2.45) is 0 Å². The molecule has 0 saturated heterocycles. The first kappa shape index (κ1) is 12.6. The van der Waals surface area contributed by atoms with E-state index < -0.39 is 0 Å². The molecule has 0 spiro atoms. The summed E-state index contributed by atoms with van der Waals surface area (Å²) in [6.45, 7) is 4.16. The van der Waals surface area contributed by atoms with Crippen LogP contribution < -0.4 is 0 Å². The minimum Gasteiger partial charge on any atom is -0.260 e. The molecule has 2 aromatic carbocycles. The lowest BCUT2D eigenvalue weighted by molar-refractivity contribution is 1.20. The predicted octanol–water partition coefficient (Wildman–Crippen LogP) is 5.03. The fraction of sp³-hybridized carbons (Fsp3) is 0.105. The van der Waals surface area contributed by atoms with Gasteiger partial charge in [-0.3, -0.25) is 4.98 Å². The second-order valence-corrected chi connectivity index (χ2v) is 5.09. The Morgan fingerprint density at radius 1 is 0.700 bits per heavy atom. The van der Waals surface area contributed by atoms with E-state index in [4.69, 9.17) is 0 Å². The molecule has 0 amide bonds. The van der Waals surface area contributed by atoms with Gasteiger partial charge in [-0.05, 0) is 31.0 Å². The third-order valence-electron chi connectivity index (χ3n) is 3.56. The molecule has 1 nitrogen and oxygen atoms in total. The SMILES string of the molecule is Cc1ccc(-c2cnc(C)c(-c3ccccc3)c2)cc1. The number of nitrogens with zero attached hydrogens (tertiary/aromatic N) is 1. The van der Waals surface area contributed by atoms with Gasteiger partial charge in [0.1, 0.15) is 0 Å². The maximum atomic E-state index is 4.55. The maximum Gasteiger partial charge on any atom is 0.0451 e. The van der Waals surface area contributed by atoms with E-state index in [1.807, 2.05) is 12.3 Å². The standard InChI is InChI=1S/C19H17N/c1-14-8-10-16(11-9-14)18-12-19(15(2)20-13-18)17-6-4-3-5-7-17/h3-13H,1-2H3. The number of pyridine rings is 1. The van der Waals surface area contributed by atoms with Crippen molar-refractivity contribution in [3.8, 4) is 22.3 Å². The van der Waals surface area contributed by atoms with Gasteiger partial charge in [0.25, 0.3) is 0 Å². The zero-order valence-electron chi connectivity index (χ0n) is 11.8. The number of aromatic nitrogens is 1. The number of hydrogen-bond acceptors (Lipinski definition) is 1. The van der Waals surface area contributed by atoms with E-state index in [9.17, 15) is 0 Å². The summed E-state index contributed by atoms with van der Waals surface area (Å²) in [5, 5.41) is 0. The third kappa shape index (κ3) is 2.48. The fourth-order valence-electron chi connectivity index (χ4n) is 2.35. The van der Waals surface area contributed by atoms with Gasteiger partial charge < -0.3 is 0 Å². The van der Waals surface area contributed by atoms with Crippen molar-refractivity contribution in [1.82, 2.24) is 4.98 Å². The lowest BCUT2D eigenvalue weighted by atomic mass is 9.99. The molecule has 0 fully saturated rings. The molecule has 1 aromatic heterocycles.